The van der Waals surface area contributed by atoms with E-state index in [0.29, 0.717) is 23.0 Å². The lowest BCUT2D eigenvalue weighted by molar-refractivity contribution is -0.113. The van der Waals surface area contributed by atoms with Gasteiger partial charge in [-0.1, -0.05) is 31.2 Å². The van der Waals surface area contributed by atoms with Gasteiger partial charge in [0.2, 0.25) is 15.9 Å². The molecule has 0 saturated carbocycles. The molecule has 2 aromatic rings. The summed E-state index contributed by atoms with van der Waals surface area (Å²) in [5.74, 6) is -0.349. The van der Waals surface area contributed by atoms with Crippen molar-refractivity contribution in [1.82, 2.24) is 9.97 Å². The number of hydrogen-bond acceptors (Lipinski definition) is 6. The van der Waals surface area contributed by atoms with Gasteiger partial charge in [-0.2, -0.15) is 0 Å². The third-order valence-electron chi connectivity index (χ3n) is 3.07. The van der Waals surface area contributed by atoms with Crippen LogP contribution >= 0.6 is 11.8 Å². The Morgan fingerprint density at radius 2 is 2.12 bits per heavy atom. The molecule has 8 nitrogen and oxygen atoms in total. The summed E-state index contributed by atoms with van der Waals surface area (Å²) in [5.41, 5.74) is 0.732. The zero-order valence-electron chi connectivity index (χ0n) is 13.5. The van der Waals surface area contributed by atoms with Crippen LogP contribution in [0.4, 0.5) is 5.69 Å². The Morgan fingerprint density at radius 1 is 1.36 bits per heavy atom. The Hall–Kier alpha value is -2.17. The predicted octanol–water partition coefficient (Wildman–Crippen LogP) is 1.10. The van der Waals surface area contributed by atoms with Crippen molar-refractivity contribution in [2.24, 2.45) is 5.14 Å². The zero-order valence-corrected chi connectivity index (χ0v) is 15.1. The number of aryl methyl sites for hydroxylation is 1. The van der Waals surface area contributed by atoms with Gasteiger partial charge < -0.3 is 10.3 Å². The fourth-order valence-electron chi connectivity index (χ4n) is 2.02. The van der Waals surface area contributed by atoms with Gasteiger partial charge in [-0.3, -0.25) is 9.59 Å². The number of H-pyrrole nitrogens is 1. The Balaban J connectivity index is 2.01. The van der Waals surface area contributed by atoms with E-state index in [1.165, 1.54) is 24.3 Å². The summed E-state index contributed by atoms with van der Waals surface area (Å²) in [6, 6.07) is 7.09. The average Bonchev–Trinajstić information content (AvgIpc) is 2.52. The van der Waals surface area contributed by atoms with E-state index in [1.54, 1.807) is 6.07 Å². The molecule has 0 saturated heterocycles. The van der Waals surface area contributed by atoms with E-state index in [0.717, 1.165) is 18.2 Å². The quantitative estimate of drug-likeness (QED) is 0.485. The van der Waals surface area contributed by atoms with Gasteiger partial charge in [0.15, 0.2) is 5.16 Å². The average molecular weight is 382 g/mol. The van der Waals surface area contributed by atoms with Crippen LogP contribution in [0, 0.1) is 0 Å². The largest absolute Gasteiger partial charge is 0.325 e. The first-order valence-electron chi connectivity index (χ1n) is 7.43. The van der Waals surface area contributed by atoms with Crippen molar-refractivity contribution in [3.8, 4) is 0 Å². The highest BCUT2D eigenvalue weighted by Gasteiger charge is 2.10. The van der Waals surface area contributed by atoms with Gasteiger partial charge in [0.05, 0.1) is 10.6 Å². The van der Waals surface area contributed by atoms with E-state index in [2.05, 4.69) is 15.3 Å². The lowest BCUT2D eigenvalue weighted by Crippen LogP contribution is -2.17. The van der Waals surface area contributed by atoms with Crippen LogP contribution in [0.25, 0.3) is 0 Å². The standard InChI is InChI=1S/C15H18N4O4S2/c1-2-4-10-8-13(20)19-15(18-10)24-9-14(21)17-11-5-3-6-12(7-11)25(16,22)23/h3,5-8H,2,4,9H2,1H3,(H,17,21)(H2,16,22,23)(H,18,19,20). The van der Waals surface area contributed by atoms with Crippen LogP contribution in [0.5, 0.6) is 0 Å². The monoisotopic (exact) mass is 382 g/mol. The molecule has 134 valence electrons. The number of primary sulfonamides is 1. The number of nitrogens with two attached hydrogens (primary N) is 1. The molecule has 0 radical (unpaired) electrons. The number of hydrogen-bond donors (Lipinski definition) is 3. The predicted molar refractivity (Wildman–Crippen MR) is 96.0 cm³/mol. The highest BCUT2D eigenvalue weighted by Crippen LogP contribution is 2.16. The maximum Gasteiger partial charge on any atom is 0.251 e. The minimum Gasteiger partial charge on any atom is -0.325 e. The van der Waals surface area contributed by atoms with E-state index in [1.807, 2.05) is 6.92 Å². The number of carbonyl (C=O) groups excluding carboxylic acids is 1. The van der Waals surface area contributed by atoms with Gasteiger partial charge in [0.1, 0.15) is 0 Å². The number of aromatic amines is 1. The number of anilines is 1. The summed E-state index contributed by atoms with van der Waals surface area (Å²) in [6.45, 7) is 1.98. The number of thioether (sulfide) groups is 1. The third-order valence-corrected chi connectivity index (χ3v) is 4.85. The van der Waals surface area contributed by atoms with Crippen molar-refractivity contribution in [3.63, 3.8) is 0 Å². The summed E-state index contributed by atoms with van der Waals surface area (Å²) in [4.78, 5) is 30.4. The molecule has 2 rings (SSSR count). The number of benzene rings is 1. The van der Waals surface area contributed by atoms with Crippen molar-refractivity contribution in [1.29, 1.82) is 0 Å². The van der Waals surface area contributed by atoms with Gasteiger partial charge >= 0.3 is 0 Å². The SMILES string of the molecule is CCCc1cc(=O)[nH]c(SCC(=O)Nc2cccc(S(N)(=O)=O)c2)n1. The van der Waals surface area contributed by atoms with Gasteiger partial charge in [-0.05, 0) is 24.6 Å². The second kappa shape index (κ2) is 8.28. The smallest absolute Gasteiger partial charge is 0.251 e. The number of aromatic nitrogens is 2. The molecule has 0 bridgehead atoms. The van der Waals surface area contributed by atoms with Gasteiger partial charge in [0, 0.05) is 17.4 Å². The Bertz CT molecular complexity index is 925. The highest BCUT2D eigenvalue weighted by atomic mass is 32.2. The molecule has 4 N–H and O–H groups in total. The Morgan fingerprint density at radius 3 is 2.80 bits per heavy atom. The second-order valence-electron chi connectivity index (χ2n) is 5.20. The molecular weight excluding hydrogens is 364 g/mol. The Kier molecular flexibility index (Phi) is 6.34. The molecule has 0 fully saturated rings. The van der Waals surface area contributed by atoms with Crippen LogP contribution in [0.15, 0.2) is 45.2 Å². The first kappa shape index (κ1) is 19.2. The van der Waals surface area contributed by atoms with Crippen molar-refractivity contribution < 1.29 is 13.2 Å². The van der Waals surface area contributed by atoms with E-state index in [-0.39, 0.29) is 22.1 Å². The summed E-state index contributed by atoms with van der Waals surface area (Å²) in [5, 5.41) is 8.00. The minimum atomic E-state index is -3.84. The van der Waals surface area contributed by atoms with E-state index >= 15 is 0 Å². The van der Waals surface area contributed by atoms with Crippen molar-refractivity contribution in [3.05, 3.63) is 46.4 Å². The molecule has 0 aliphatic heterocycles. The van der Waals surface area contributed by atoms with Crippen LogP contribution < -0.4 is 16.0 Å². The van der Waals surface area contributed by atoms with Crippen molar-refractivity contribution in [2.75, 3.05) is 11.1 Å². The fourth-order valence-corrected chi connectivity index (χ4v) is 3.27. The normalized spacial score (nSPS) is 11.3. The molecule has 25 heavy (non-hydrogen) atoms. The molecule has 0 spiro atoms. The number of sulfonamides is 1. The Labute approximate surface area is 149 Å². The van der Waals surface area contributed by atoms with Gasteiger partial charge in [-0.15, -0.1) is 0 Å². The molecule has 1 aromatic heterocycles. The van der Waals surface area contributed by atoms with Crippen molar-refractivity contribution >= 4 is 33.4 Å². The summed E-state index contributed by atoms with van der Waals surface area (Å²) < 4.78 is 22.6. The molecule has 1 amide bonds. The molecule has 1 heterocycles. The molecule has 0 atom stereocenters. The van der Waals surface area contributed by atoms with Crippen LogP contribution in [-0.4, -0.2) is 30.0 Å². The molecule has 1 aromatic carbocycles. The van der Waals surface area contributed by atoms with Crippen LogP contribution in [0.1, 0.15) is 19.0 Å². The van der Waals surface area contributed by atoms with E-state index in [9.17, 15) is 18.0 Å². The lowest BCUT2D eigenvalue weighted by Gasteiger charge is -2.07. The number of nitrogens with zero attached hydrogens (tertiary/aromatic N) is 1. The molecule has 0 aliphatic carbocycles. The van der Waals surface area contributed by atoms with Crippen LogP contribution in [0.3, 0.4) is 0 Å². The first-order chi connectivity index (χ1) is 11.8. The van der Waals surface area contributed by atoms with E-state index < -0.39 is 10.0 Å². The fraction of sp³-hybridized carbons (Fsp3) is 0.267. The molecule has 0 unspecified atom stereocenters. The molecule has 0 aliphatic rings. The van der Waals surface area contributed by atoms with Crippen molar-refractivity contribution in [2.45, 2.75) is 29.8 Å². The van der Waals surface area contributed by atoms with Crippen LogP contribution in [-0.2, 0) is 21.2 Å². The number of carbonyl (C=O) groups is 1. The minimum absolute atomic E-state index is 0.0120. The van der Waals surface area contributed by atoms with Gasteiger partial charge in [-0.25, -0.2) is 18.5 Å². The summed E-state index contributed by atoms with van der Waals surface area (Å²) in [7, 11) is -3.84. The van der Waals surface area contributed by atoms with E-state index in [4.69, 9.17) is 5.14 Å². The number of amides is 1. The zero-order chi connectivity index (χ0) is 18.4. The second-order valence-corrected chi connectivity index (χ2v) is 7.73. The number of rotatable bonds is 7. The lowest BCUT2D eigenvalue weighted by atomic mass is 10.2. The third kappa shape index (κ3) is 6.00. The highest BCUT2D eigenvalue weighted by molar-refractivity contribution is 7.99. The number of nitrogens with one attached hydrogen (secondary N) is 2. The molecular formula is C15H18N4O4S2. The maximum absolute atomic E-state index is 12.0. The maximum atomic E-state index is 12.0. The summed E-state index contributed by atoms with van der Waals surface area (Å²) in [6.07, 6.45) is 1.55. The van der Waals surface area contributed by atoms with Crippen LogP contribution in [0.2, 0.25) is 0 Å². The first-order valence-corrected chi connectivity index (χ1v) is 9.97. The topological polar surface area (TPSA) is 135 Å². The summed E-state index contributed by atoms with van der Waals surface area (Å²) >= 11 is 1.09. The molecule has 10 heteroatoms. The van der Waals surface area contributed by atoms with Gasteiger partial charge in [0.25, 0.3) is 5.56 Å².